The highest BCUT2D eigenvalue weighted by Crippen LogP contribution is 2.40. The second-order valence-corrected chi connectivity index (χ2v) is 11.6. The molecule has 0 aliphatic carbocycles. The summed E-state index contributed by atoms with van der Waals surface area (Å²) in [5.74, 6) is -1.17. The summed E-state index contributed by atoms with van der Waals surface area (Å²) in [6, 6.07) is 22.3. The molecule has 0 aromatic heterocycles. The van der Waals surface area contributed by atoms with Crippen LogP contribution in [0.5, 0.6) is 11.5 Å². The molecule has 6 heteroatoms. The zero-order chi connectivity index (χ0) is 29.8. The second-order valence-electron chi connectivity index (χ2n) is 11.6. The molecule has 2 atom stereocenters. The maximum Gasteiger partial charge on any atom is 0.309 e. The summed E-state index contributed by atoms with van der Waals surface area (Å²) in [5.41, 5.74) is 0.440. The molecule has 6 nitrogen and oxygen atoms in total. The number of carboxylic acids is 2. The van der Waals surface area contributed by atoms with Crippen molar-refractivity contribution in [3.63, 3.8) is 0 Å². The summed E-state index contributed by atoms with van der Waals surface area (Å²) in [6.07, 6.45) is 1.53. The van der Waals surface area contributed by atoms with E-state index in [0.717, 1.165) is 45.5 Å². The molecule has 4 rings (SSSR count). The van der Waals surface area contributed by atoms with Crippen molar-refractivity contribution in [2.24, 2.45) is 10.8 Å². The molecule has 0 radical (unpaired) electrons. The Morgan fingerprint density at radius 2 is 0.875 bits per heavy atom. The number of aromatic hydroxyl groups is 2. The molecule has 0 aliphatic heterocycles. The fourth-order valence-electron chi connectivity index (χ4n) is 5.56. The molecule has 0 bridgehead atoms. The Labute approximate surface area is 235 Å². The Kier molecular flexibility index (Phi) is 9.14. The second kappa shape index (κ2) is 12.0. The van der Waals surface area contributed by atoms with Crippen LogP contribution < -0.4 is 0 Å². The molecular formula is C34H40O6. The van der Waals surface area contributed by atoms with E-state index in [0.29, 0.717) is 0 Å². The lowest BCUT2D eigenvalue weighted by Crippen LogP contribution is -2.31. The molecular weight excluding hydrogens is 504 g/mol. The summed E-state index contributed by atoms with van der Waals surface area (Å²) < 4.78 is 0. The molecule has 4 aromatic rings. The SMILES string of the molecule is CC[C@@H](c1ccc2cc(O)ccc2c1)C(C)(C)C(=O)O.CC[C@H](c1ccc2cc(O)ccc2c1)C(C)(C)C(=O)O. The number of fused-ring (bicyclic) bond motifs is 2. The Hall–Kier alpha value is -4.06. The Bertz CT molecular complexity index is 1400. The smallest absolute Gasteiger partial charge is 0.309 e. The van der Waals surface area contributed by atoms with Crippen LogP contribution in [-0.2, 0) is 9.59 Å². The lowest BCUT2D eigenvalue weighted by atomic mass is 9.73. The van der Waals surface area contributed by atoms with Gasteiger partial charge in [0.05, 0.1) is 10.8 Å². The number of benzene rings is 4. The van der Waals surface area contributed by atoms with Gasteiger partial charge in [-0.05, 0) is 109 Å². The van der Waals surface area contributed by atoms with Gasteiger partial charge < -0.3 is 20.4 Å². The summed E-state index contributed by atoms with van der Waals surface area (Å²) in [6.45, 7) is 11.1. The number of aliphatic carboxylic acids is 2. The van der Waals surface area contributed by atoms with Crippen LogP contribution in [-0.4, -0.2) is 32.4 Å². The van der Waals surface area contributed by atoms with Crippen LogP contribution in [0.25, 0.3) is 21.5 Å². The van der Waals surface area contributed by atoms with E-state index < -0.39 is 22.8 Å². The van der Waals surface area contributed by atoms with Gasteiger partial charge in [-0.3, -0.25) is 9.59 Å². The van der Waals surface area contributed by atoms with Crippen molar-refractivity contribution in [3.8, 4) is 11.5 Å². The first-order valence-corrected chi connectivity index (χ1v) is 13.6. The van der Waals surface area contributed by atoms with Gasteiger partial charge in [0.25, 0.3) is 0 Å². The zero-order valence-electron chi connectivity index (χ0n) is 24.1. The summed E-state index contributed by atoms with van der Waals surface area (Å²) in [4.78, 5) is 22.9. The van der Waals surface area contributed by atoms with Crippen LogP contribution in [0, 0.1) is 10.8 Å². The van der Waals surface area contributed by atoms with Crippen LogP contribution in [0.4, 0.5) is 0 Å². The van der Waals surface area contributed by atoms with Crippen LogP contribution >= 0.6 is 0 Å². The minimum atomic E-state index is -0.806. The highest BCUT2D eigenvalue weighted by molar-refractivity contribution is 5.86. The van der Waals surface area contributed by atoms with Gasteiger partial charge in [-0.15, -0.1) is 0 Å². The predicted molar refractivity (Wildman–Crippen MR) is 160 cm³/mol. The lowest BCUT2D eigenvalue weighted by Gasteiger charge is -2.30. The van der Waals surface area contributed by atoms with Gasteiger partial charge in [-0.1, -0.05) is 62.4 Å². The van der Waals surface area contributed by atoms with Crippen molar-refractivity contribution in [2.45, 2.75) is 66.2 Å². The number of hydrogen-bond acceptors (Lipinski definition) is 4. The number of phenolic OH excluding ortho intramolecular Hbond substituents is 2. The zero-order valence-corrected chi connectivity index (χ0v) is 24.1. The van der Waals surface area contributed by atoms with Gasteiger partial charge in [0, 0.05) is 0 Å². The molecule has 4 N–H and O–H groups in total. The van der Waals surface area contributed by atoms with E-state index in [1.807, 2.05) is 62.4 Å². The van der Waals surface area contributed by atoms with E-state index in [-0.39, 0.29) is 23.3 Å². The summed E-state index contributed by atoms with van der Waals surface area (Å²) >= 11 is 0. The van der Waals surface area contributed by atoms with Gasteiger partial charge in [-0.2, -0.15) is 0 Å². The molecule has 0 saturated heterocycles. The van der Waals surface area contributed by atoms with Crippen molar-refractivity contribution in [1.29, 1.82) is 0 Å². The number of phenols is 2. The number of hydrogen-bond donors (Lipinski definition) is 4. The Balaban J connectivity index is 0.000000220. The molecule has 212 valence electrons. The third-order valence-corrected chi connectivity index (χ3v) is 8.16. The number of carbonyl (C=O) groups is 2. The van der Waals surface area contributed by atoms with Crippen LogP contribution in [0.2, 0.25) is 0 Å². The maximum absolute atomic E-state index is 11.5. The normalized spacial score (nSPS) is 13.3. The van der Waals surface area contributed by atoms with Crippen LogP contribution in [0.1, 0.15) is 77.3 Å². The lowest BCUT2D eigenvalue weighted by molar-refractivity contribution is -0.149. The van der Waals surface area contributed by atoms with Crippen molar-refractivity contribution >= 4 is 33.5 Å². The highest BCUT2D eigenvalue weighted by atomic mass is 16.4. The van der Waals surface area contributed by atoms with Crippen molar-refractivity contribution in [2.75, 3.05) is 0 Å². The van der Waals surface area contributed by atoms with E-state index in [4.69, 9.17) is 0 Å². The predicted octanol–water partition coefficient (Wildman–Crippen LogP) is 8.30. The van der Waals surface area contributed by atoms with Crippen molar-refractivity contribution in [1.82, 2.24) is 0 Å². The summed E-state index contributed by atoms with van der Waals surface area (Å²) in [7, 11) is 0. The van der Waals surface area contributed by atoms with Crippen molar-refractivity contribution in [3.05, 3.63) is 83.9 Å². The fourth-order valence-corrected chi connectivity index (χ4v) is 5.56. The highest BCUT2D eigenvalue weighted by Gasteiger charge is 2.37. The van der Waals surface area contributed by atoms with E-state index in [1.165, 1.54) is 0 Å². The first kappa shape index (κ1) is 30.5. The Morgan fingerprint density at radius 1 is 0.575 bits per heavy atom. The number of carboxylic acid groups (broad SMARTS) is 2. The molecule has 0 saturated carbocycles. The largest absolute Gasteiger partial charge is 0.508 e. The first-order chi connectivity index (χ1) is 18.7. The monoisotopic (exact) mass is 544 g/mol. The van der Waals surface area contributed by atoms with E-state index in [9.17, 15) is 30.0 Å². The maximum atomic E-state index is 11.5. The molecule has 0 unspecified atom stereocenters. The summed E-state index contributed by atoms with van der Waals surface area (Å²) in [5, 5.41) is 41.7. The fraction of sp³-hybridized carbons (Fsp3) is 0.353. The molecule has 0 aliphatic rings. The van der Waals surface area contributed by atoms with Gasteiger partial charge in [0.1, 0.15) is 11.5 Å². The van der Waals surface area contributed by atoms with E-state index >= 15 is 0 Å². The molecule has 0 amide bonds. The molecule has 4 aromatic carbocycles. The van der Waals surface area contributed by atoms with Crippen molar-refractivity contribution < 1.29 is 30.0 Å². The third-order valence-electron chi connectivity index (χ3n) is 8.16. The van der Waals surface area contributed by atoms with Gasteiger partial charge >= 0.3 is 11.9 Å². The molecule has 0 heterocycles. The third kappa shape index (κ3) is 6.39. The minimum absolute atomic E-state index is 0.0433. The standard InChI is InChI=1S/2C17H20O3/c2*1-4-15(17(2,3)16(19)20)13-6-5-12-10-14(18)8-7-11(12)9-13/h2*5-10,15,18H,4H2,1-3H3,(H,19,20)/t2*15-/m10/s1. The van der Waals surface area contributed by atoms with Gasteiger partial charge in [-0.25, -0.2) is 0 Å². The van der Waals surface area contributed by atoms with Crippen LogP contribution in [0.3, 0.4) is 0 Å². The van der Waals surface area contributed by atoms with E-state index in [2.05, 4.69) is 0 Å². The van der Waals surface area contributed by atoms with Crippen LogP contribution in [0.15, 0.2) is 72.8 Å². The van der Waals surface area contributed by atoms with E-state index in [1.54, 1.807) is 52.0 Å². The van der Waals surface area contributed by atoms with Gasteiger partial charge in [0.15, 0.2) is 0 Å². The average molecular weight is 545 g/mol. The topological polar surface area (TPSA) is 115 Å². The molecule has 0 spiro atoms. The minimum Gasteiger partial charge on any atom is -0.508 e. The molecule has 0 fully saturated rings. The number of rotatable bonds is 8. The quantitative estimate of drug-likeness (QED) is 0.177. The Morgan fingerprint density at radius 3 is 1.18 bits per heavy atom. The van der Waals surface area contributed by atoms with Gasteiger partial charge in [0.2, 0.25) is 0 Å². The first-order valence-electron chi connectivity index (χ1n) is 13.6. The molecule has 40 heavy (non-hydrogen) atoms. The average Bonchev–Trinajstić information content (AvgIpc) is 2.89.